The Labute approximate surface area is 196 Å². The summed E-state index contributed by atoms with van der Waals surface area (Å²) in [7, 11) is -4.15. The lowest BCUT2D eigenvalue weighted by Gasteiger charge is -2.20. The fourth-order valence-electron chi connectivity index (χ4n) is 3.31. The zero-order chi connectivity index (χ0) is 23.9. The molecule has 2 aromatic heterocycles. The van der Waals surface area contributed by atoms with Crippen LogP contribution in [0.2, 0.25) is 5.02 Å². The molecule has 0 saturated carbocycles. The van der Waals surface area contributed by atoms with E-state index in [0.29, 0.717) is 22.0 Å². The molecule has 0 unspecified atom stereocenters. The molecule has 0 aliphatic carbocycles. The van der Waals surface area contributed by atoms with E-state index in [2.05, 4.69) is 15.1 Å². The van der Waals surface area contributed by atoms with Gasteiger partial charge in [0.15, 0.2) is 5.78 Å². The Morgan fingerprint density at radius 3 is 2.12 bits per heavy atom. The quantitative estimate of drug-likeness (QED) is 0.383. The van der Waals surface area contributed by atoms with Crippen LogP contribution in [0.5, 0.6) is 0 Å². The van der Waals surface area contributed by atoms with Crippen LogP contribution in [0.25, 0.3) is 5.78 Å². The highest BCUT2D eigenvalue weighted by Gasteiger charge is 2.31. The van der Waals surface area contributed by atoms with E-state index < -0.39 is 16.6 Å². The van der Waals surface area contributed by atoms with Crippen LogP contribution in [0.4, 0.5) is 5.95 Å². The van der Waals surface area contributed by atoms with Crippen molar-refractivity contribution in [1.29, 1.82) is 0 Å². The van der Waals surface area contributed by atoms with Gasteiger partial charge in [-0.15, -0.1) is 5.10 Å². The number of halogens is 1. The van der Waals surface area contributed by atoms with E-state index in [4.69, 9.17) is 11.6 Å². The van der Waals surface area contributed by atoms with Crippen molar-refractivity contribution in [2.45, 2.75) is 32.6 Å². The lowest BCUT2D eigenvalue weighted by atomic mass is 10.1. The summed E-state index contributed by atoms with van der Waals surface area (Å²) in [6.45, 7) is 6.76. The van der Waals surface area contributed by atoms with Crippen LogP contribution >= 0.6 is 11.6 Å². The van der Waals surface area contributed by atoms with Crippen molar-refractivity contribution < 1.29 is 13.2 Å². The molecule has 2 aromatic carbocycles. The minimum atomic E-state index is -4.15. The maximum Gasteiger partial charge on any atom is 0.267 e. The fraction of sp³-hybridized carbons (Fsp3) is 0.217. The predicted octanol–water partition coefficient (Wildman–Crippen LogP) is 4.09. The van der Waals surface area contributed by atoms with E-state index in [9.17, 15) is 13.2 Å². The third-order valence-electron chi connectivity index (χ3n) is 5.29. The summed E-state index contributed by atoms with van der Waals surface area (Å²) in [4.78, 5) is 21.7. The van der Waals surface area contributed by atoms with Crippen LogP contribution in [-0.4, -0.2) is 40.3 Å². The second-order valence-electron chi connectivity index (χ2n) is 7.83. The molecule has 0 amide bonds. The number of rotatable bonds is 6. The molecule has 33 heavy (non-hydrogen) atoms. The Morgan fingerprint density at radius 2 is 1.52 bits per heavy atom. The number of aromatic nitrogens is 4. The number of anilines is 1. The Morgan fingerprint density at radius 1 is 0.939 bits per heavy atom. The molecule has 8 nitrogen and oxygen atoms in total. The molecule has 4 rings (SSSR count). The van der Waals surface area contributed by atoms with Crippen LogP contribution in [-0.2, 0) is 10.0 Å². The van der Waals surface area contributed by atoms with Gasteiger partial charge in [0, 0.05) is 5.56 Å². The lowest BCUT2D eigenvalue weighted by Crippen LogP contribution is -2.36. The van der Waals surface area contributed by atoms with Gasteiger partial charge in [-0.25, -0.2) is 17.7 Å². The van der Waals surface area contributed by atoms with Crippen LogP contribution in [0, 0.1) is 27.7 Å². The minimum Gasteiger partial charge on any atom is -0.292 e. The van der Waals surface area contributed by atoms with E-state index in [1.807, 2.05) is 13.8 Å². The molecule has 2 heterocycles. The van der Waals surface area contributed by atoms with Gasteiger partial charge in [0.1, 0.15) is 6.54 Å². The molecule has 0 fully saturated rings. The Balaban J connectivity index is 1.84. The van der Waals surface area contributed by atoms with Gasteiger partial charge in [-0.2, -0.15) is 9.50 Å². The van der Waals surface area contributed by atoms with Gasteiger partial charge in [0.05, 0.1) is 21.3 Å². The van der Waals surface area contributed by atoms with E-state index in [0.717, 1.165) is 15.4 Å². The van der Waals surface area contributed by atoms with Gasteiger partial charge in [-0.05, 0) is 39.8 Å². The number of hydrogen-bond donors (Lipinski definition) is 0. The van der Waals surface area contributed by atoms with E-state index >= 15 is 0 Å². The summed E-state index contributed by atoms with van der Waals surface area (Å²) in [5.41, 5.74) is 3.40. The van der Waals surface area contributed by atoms with Gasteiger partial charge >= 0.3 is 0 Å². The number of carbonyl (C=O) groups is 1. The normalized spacial score (nSPS) is 11.7. The fourth-order valence-corrected chi connectivity index (χ4v) is 4.75. The third kappa shape index (κ3) is 4.34. The Hall–Kier alpha value is -3.30. The number of Topliss-reactive ketones (excluding diaryl/α,β-unsaturated/α-hetero) is 1. The smallest absolute Gasteiger partial charge is 0.267 e. The minimum absolute atomic E-state index is 0.0301. The first-order valence-electron chi connectivity index (χ1n) is 10.2. The van der Waals surface area contributed by atoms with Crippen molar-refractivity contribution in [2.24, 2.45) is 0 Å². The molecular formula is C23H22ClN5O3S. The molecular weight excluding hydrogens is 462 g/mol. The number of nitrogens with zero attached hydrogens (tertiary/aromatic N) is 5. The molecule has 0 spiro atoms. The Kier molecular flexibility index (Phi) is 5.94. The van der Waals surface area contributed by atoms with Gasteiger partial charge < -0.3 is 0 Å². The average Bonchev–Trinajstić information content (AvgIpc) is 3.20. The number of fused-ring (bicyclic) bond motifs is 1. The van der Waals surface area contributed by atoms with Crippen molar-refractivity contribution in [3.63, 3.8) is 0 Å². The third-order valence-corrected chi connectivity index (χ3v) is 7.58. The van der Waals surface area contributed by atoms with Crippen molar-refractivity contribution in [2.75, 3.05) is 10.8 Å². The molecule has 4 aromatic rings. The van der Waals surface area contributed by atoms with Gasteiger partial charge in [0.2, 0.25) is 0 Å². The number of ketones is 1. The largest absolute Gasteiger partial charge is 0.292 e. The van der Waals surface area contributed by atoms with Crippen LogP contribution < -0.4 is 4.31 Å². The van der Waals surface area contributed by atoms with Crippen molar-refractivity contribution in [3.05, 3.63) is 81.6 Å². The first-order valence-corrected chi connectivity index (χ1v) is 12.0. The van der Waals surface area contributed by atoms with Gasteiger partial charge in [-0.1, -0.05) is 59.1 Å². The lowest BCUT2D eigenvalue weighted by molar-refractivity contribution is 0.100. The van der Waals surface area contributed by atoms with E-state index in [-0.39, 0.29) is 22.4 Å². The number of benzene rings is 2. The Bertz CT molecular complexity index is 1460. The van der Waals surface area contributed by atoms with Crippen molar-refractivity contribution in [3.8, 4) is 0 Å². The summed E-state index contributed by atoms with van der Waals surface area (Å²) < 4.78 is 29.5. The molecule has 170 valence electrons. The zero-order valence-electron chi connectivity index (χ0n) is 18.6. The first kappa shape index (κ1) is 22.9. The molecule has 0 aliphatic heterocycles. The SMILES string of the molecule is Cc1ccc(C(=O)CN(c2nc3nc(C)c(Cl)c(C)n3n2)S(=O)(=O)c2ccc(C)cc2)cc1. The highest BCUT2D eigenvalue weighted by molar-refractivity contribution is 7.92. The molecule has 0 bridgehead atoms. The van der Waals surface area contributed by atoms with Gasteiger partial charge in [-0.3, -0.25) is 4.79 Å². The van der Waals surface area contributed by atoms with Crippen LogP contribution in [0.15, 0.2) is 53.4 Å². The molecule has 0 N–H and O–H groups in total. The van der Waals surface area contributed by atoms with E-state index in [1.54, 1.807) is 50.2 Å². The van der Waals surface area contributed by atoms with Crippen molar-refractivity contribution >= 4 is 39.1 Å². The molecule has 0 radical (unpaired) electrons. The van der Waals surface area contributed by atoms with E-state index in [1.165, 1.54) is 16.6 Å². The zero-order valence-corrected chi connectivity index (χ0v) is 20.1. The molecule has 10 heteroatoms. The van der Waals surface area contributed by atoms with Gasteiger partial charge in [0.25, 0.3) is 21.7 Å². The summed E-state index contributed by atoms with van der Waals surface area (Å²) in [6.07, 6.45) is 0. The highest BCUT2D eigenvalue weighted by Crippen LogP contribution is 2.25. The standard InChI is InChI=1S/C23H22ClN5O3S/c1-14-5-9-18(10-6-14)20(30)13-28(33(31,32)19-11-7-15(2)8-12-19)23-26-22-25-16(3)21(24)17(4)29(22)27-23/h5-12H,13H2,1-4H3. The van der Waals surface area contributed by atoms with Crippen LogP contribution in [0.1, 0.15) is 32.9 Å². The maximum absolute atomic E-state index is 13.6. The molecule has 0 aliphatic rings. The highest BCUT2D eigenvalue weighted by atomic mass is 35.5. The van der Waals surface area contributed by atoms with Crippen molar-refractivity contribution in [1.82, 2.24) is 19.6 Å². The summed E-state index contributed by atoms with van der Waals surface area (Å²) >= 11 is 6.29. The monoisotopic (exact) mass is 483 g/mol. The maximum atomic E-state index is 13.6. The average molecular weight is 484 g/mol. The first-order chi connectivity index (χ1) is 15.6. The number of hydrogen-bond acceptors (Lipinski definition) is 6. The molecule has 0 saturated heterocycles. The number of aryl methyl sites for hydroxylation is 4. The summed E-state index contributed by atoms with van der Waals surface area (Å²) in [6, 6.07) is 13.3. The number of sulfonamides is 1. The second-order valence-corrected chi connectivity index (χ2v) is 10.1. The molecule has 0 atom stereocenters. The summed E-state index contributed by atoms with van der Waals surface area (Å²) in [5.74, 6) is -0.354. The second kappa shape index (κ2) is 8.57. The predicted molar refractivity (Wildman–Crippen MR) is 126 cm³/mol. The summed E-state index contributed by atoms with van der Waals surface area (Å²) in [5, 5.41) is 4.74. The topological polar surface area (TPSA) is 97.5 Å². The van der Waals surface area contributed by atoms with Crippen LogP contribution in [0.3, 0.4) is 0 Å². The number of carbonyl (C=O) groups excluding carboxylic acids is 1.